The number of thiazole rings is 1. The lowest BCUT2D eigenvalue weighted by molar-refractivity contribution is -0.119. The number of benzene rings is 2. The average molecular weight is 484 g/mol. The van der Waals surface area contributed by atoms with Crippen LogP contribution in [0.4, 0.5) is 0 Å². The lowest BCUT2D eigenvalue weighted by atomic mass is 9.87. The molecule has 4 aromatic rings. The number of methoxy groups -OCH3 is 1. The Bertz CT molecular complexity index is 1350. The Morgan fingerprint density at radius 2 is 1.94 bits per heavy atom. The van der Waals surface area contributed by atoms with Crippen LogP contribution in [0.25, 0.3) is 23.0 Å². The number of hydrogen-bond donors (Lipinski definition) is 0. The van der Waals surface area contributed by atoms with E-state index in [0.29, 0.717) is 18.8 Å². The number of carbonyl (C=O) groups excluding carboxylic acids is 1. The van der Waals surface area contributed by atoms with E-state index in [0.717, 1.165) is 58.4 Å². The van der Waals surface area contributed by atoms with E-state index >= 15 is 0 Å². The summed E-state index contributed by atoms with van der Waals surface area (Å²) in [4.78, 5) is 24.1. The highest BCUT2D eigenvalue weighted by Gasteiger charge is 2.25. The van der Waals surface area contributed by atoms with Crippen LogP contribution < -0.4 is 4.74 Å². The molecule has 1 aliphatic rings. The van der Waals surface area contributed by atoms with Crippen molar-refractivity contribution in [1.29, 1.82) is 0 Å². The molecule has 0 saturated heterocycles. The molecule has 0 radical (unpaired) electrons. The summed E-state index contributed by atoms with van der Waals surface area (Å²) in [6, 6.07) is 16.0. The van der Waals surface area contributed by atoms with Gasteiger partial charge in [-0.3, -0.25) is 4.79 Å². The largest absolute Gasteiger partial charge is 0.497 e. The molecule has 0 bridgehead atoms. The number of carbonyl (C=O) groups is 1. The molecular weight excluding hydrogens is 454 g/mol. The minimum atomic E-state index is 0.232. The molecule has 0 N–H and O–H groups in total. The Kier molecular flexibility index (Phi) is 6.64. The minimum absolute atomic E-state index is 0.232. The topological polar surface area (TPSA) is 57.0 Å². The summed E-state index contributed by atoms with van der Waals surface area (Å²) in [5, 5.41) is 1.12. The third kappa shape index (κ3) is 5.13. The third-order valence-electron chi connectivity index (χ3n) is 6.59. The maximum Gasteiger partial charge on any atom is 0.140 e. The lowest BCUT2D eigenvalue weighted by Gasteiger charge is -2.20. The maximum absolute atomic E-state index is 13.2. The number of fused-ring (bicyclic) bond motifs is 1. The van der Waals surface area contributed by atoms with Gasteiger partial charge in [-0.15, -0.1) is 11.3 Å². The quantitative estimate of drug-likeness (QED) is 0.297. The first-order valence-corrected chi connectivity index (χ1v) is 12.8. The van der Waals surface area contributed by atoms with Crippen LogP contribution in [0.5, 0.6) is 5.75 Å². The van der Waals surface area contributed by atoms with Crippen LogP contribution in [0.1, 0.15) is 39.8 Å². The van der Waals surface area contributed by atoms with Crippen molar-refractivity contribution in [3.63, 3.8) is 0 Å². The molecule has 5 nitrogen and oxygen atoms in total. The third-order valence-corrected chi connectivity index (χ3v) is 7.63. The SMILES string of the molecule is C=Cc1ccc(-n2cc(-c3ccc(OC)cc3)nc2CC(=O)CC2CCc3nc(C)sc3C2)cc1. The molecule has 1 atom stereocenters. The Hall–Kier alpha value is -3.51. The number of rotatable bonds is 8. The van der Waals surface area contributed by atoms with Gasteiger partial charge in [-0.05, 0) is 74.1 Å². The van der Waals surface area contributed by atoms with Gasteiger partial charge < -0.3 is 9.30 Å². The van der Waals surface area contributed by atoms with E-state index in [2.05, 4.69) is 18.5 Å². The molecule has 0 spiro atoms. The van der Waals surface area contributed by atoms with Crippen LogP contribution in [-0.2, 0) is 24.1 Å². The first-order valence-electron chi connectivity index (χ1n) is 11.9. The van der Waals surface area contributed by atoms with Gasteiger partial charge in [0.2, 0.25) is 0 Å². The minimum Gasteiger partial charge on any atom is -0.497 e. The molecule has 1 unspecified atom stereocenters. The molecular formula is C29H29N3O2S. The van der Waals surface area contributed by atoms with Crippen LogP contribution in [0.3, 0.4) is 0 Å². The Labute approximate surface area is 210 Å². The van der Waals surface area contributed by atoms with E-state index in [4.69, 9.17) is 9.72 Å². The van der Waals surface area contributed by atoms with Crippen LogP contribution in [0.2, 0.25) is 0 Å². The summed E-state index contributed by atoms with van der Waals surface area (Å²) in [6.07, 6.45) is 7.69. The molecule has 2 heterocycles. The zero-order valence-electron chi connectivity index (χ0n) is 20.2. The van der Waals surface area contributed by atoms with Gasteiger partial charge >= 0.3 is 0 Å². The second-order valence-corrected chi connectivity index (χ2v) is 10.4. The zero-order chi connectivity index (χ0) is 24.4. The van der Waals surface area contributed by atoms with Crippen LogP contribution >= 0.6 is 11.3 Å². The van der Waals surface area contributed by atoms with Gasteiger partial charge in [-0.1, -0.05) is 24.8 Å². The first-order chi connectivity index (χ1) is 17.0. The Balaban J connectivity index is 1.39. The van der Waals surface area contributed by atoms with E-state index in [1.807, 2.05) is 65.4 Å². The molecule has 2 aromatic carbocycles. The molecule has 1 aliphatic carbocycles. The fourth-order valence-corrected chi connectivity index (χ4v) is 5.85. The smallest absolute Gasteiger partial charge is 0.140 e. The molecule has 0 saturated carbocycles. The summed E-state index contributed by atoms with van der Waals surface area (Å²) >= 11 is 1.78. The van der Waals surface area contributed by atoms with Crippen molar-refractivity contribution < 1.29 is 9.53 Å². The molecule has 35 heavy (non-hydrogen) atoms. The number of aromatic nitrogens is 3. The second kappa shape index (κ2) is 10.0. The van der Waals surface area contributed by atoms with Crippen molar-refractivity contribution in [3.05, 3.63) is 88.3 Å². The van der Waals surface area contributed by atoms with Crippen LogP contribution in [0.15, 0.2) is 61.3 Å². The number of nitrogens with zero attached hydrogens (tertiary/aromatic N) is 3. The Morgan fingerprint density at radius 3 is 2.66 bits per heavy atom. The highest BCUT2D eigenvalue weighted by molar-refractivity contribution is 7.11. The molecule has 0 aliphatic heterocycles. The molecule has 0 amide bonds. The fourth-order valence-electron chi connectivity index (χ4n) is 4.76. The predicted octanol–water partition coefficient (Wildman–Crippen LogP) is 6.26. The van der Waals surface area contributed by atoms with Gasteiger partial charge in [0, 0.05) is 28.7 Å². The predicted molar refractivity (Wildman–Crippen MR) is 141 cm³/mol. The summed E-state index contributed by atoms with van der Waals surface area (Å²) in [5.74, 6) is 2.18. The van der Waals surface area contributed by atoms with Gasteiger partial charge in [0.15, 0.2) is 0 Å². The van der Waals surface area contributed by atoms with Crippen molar-refractivity contribution >= 4 is 23.2 Å². The van der Waals surface area contributed by atoms with Crippen molar-refractivity contribution in [2.45, 2.75) is 39.0 Å². The summed E-state index contributed by atoms with van der Waals surface area (Å²) < 4.78 is 7.33. The maximum atomic E-state index is 13.2. The number of Topliss-reactive ketones (excluding diaryl/α,β-unsaturated/α-hetero) is 1. The van der Waals surface area contributed by atoms with E-state index in [-0.39, 0.29) is 5.78 Å². The normalized spacial score (nSPS) is 15.0. The molecule has 2 aromatic heterocycles. The average Bonchev–Trinajstić information content (AvgIpc) is 3.46. The summed E-state index contributed by atoms with van der Waals surface area (Å²) in [5.41, 5.74) is 5.09. The van der Waals surface area contributed by atoms with Gasteiger partial charge in [0.1, 0.15) is 17.4 Å². The van der Waals surface area contributed by atoms with E-state index in [9.17, 15) is 4.79 Å². The molecule has 0 fully saturated rings. The lowest BCUT2D eigenvalue weighted by Crippen LogP contribution is -2.19. The van der Waals surface area contributed by atoms with Gasteiger partial charge in [-0.2, -0.15) is 0 Å². The van der Waals surface area contributed by atoms with Gasteiger partial charge in [0.25, 0.3) is 0 Å². The number of ether oxygens (including phenoxy) is 1. The molecule has 5 rings (SSSR count). The standard InChI is InChI=1S/C29H29N3O2S/c1-4-20-5-10-23(11-6-20)32-18-27(22-8-12-25(34-3)13-9-22)31-29(32)17-24(33)15-21-7-14-26-28(16-21)35-19(2)30-26/h4-6,8-13,18,21H,1,7,14-17H2,2-3H3. The van der Waals surface area contributed by atoms with Crippen molar-refractivity contribution in [1.82, 2.24) is 14.5 Å². The number of aryl methyl sites for hydroxylation is 2. The van der Waals surface area contributed by atoms with Crippen molar-refractivity contribution in [3.8, 4) is 22.7 Å². The first kappa shape index (κ1) is 23.2. The van der Waals surface area contributed by atoms with Gasteiger partial charge in [0.05, 0.1) is 29.9 Å². The number of imidazole rings is 1. The van der Waals surface area contributed by atoms with Crippen molar-refractivity contribution in [2.24, 2.45) is 5.92 Å². The zero-order valence-corrected chi connectivity index (χ0v) is 21.0. The van der Waals surface area contributed by atoms with Gasteiger partial charge in [-0.25, -0.2) is 9.97 Å². The summed E-state index contributed by atoms with van der Waals surface area (Å²) in [6.45, 7) is 5.90. The number of ketones is 1. The summed E-state index contributed by atoms with van der Waals surface area (Å²) in [7, 11) is 1.66. The van der Waals surface area contributed by atoms with Crippen LogP contribution in [0, 0.1) is 12.8 Å². The highest BCUT2D eigenvalue weighted by Crippen LogP contribution is 2.32. The highest BCUT2D eigenvalue weighted by atomic mass is 32.1. The molecule has 6 heteroatoms. The second-order valence-electron chi connectivity index (χ2n) is 9.07. The number of hydrogen-bond acceptors (Lipinski definition) is 5. The monoisotopic (exact) mass is 483 g/mol. The molecule has 178 valence electrons. The van der Waals surface area contributed by atoms with E-state index in [1.165, 1.54) is 10.6 Å². The fraction of sp³-hybridized carbons (Fsp3) is 0.276. The van der Waals surface area contributed by atoms with Crippen molar-refractivity contribution in [2.75, 3.05) is 7.11 Å². The van der Waals surface area contributed by atoms with E-state index in [1.54, 1.807) is 18.4 Å². The van der Waals surface area contributed by atoms with E-state index < -0.39 is 0 Å². The van der Waals surface area contributed by atoms with Crippen LogP contribution in [-0.4, -0.2) is 27.4 Å². The Morgan fingerprint density at radius 1 is 1.17 bits per heavy atom.